The van der Waals surface area contributed by atoms with Crippen LogP contribution in [0.3, 0.4) is 0 Å². The summed E-state index contributed by atoms with van der Waals surface area (Å²) in [5, 5.41) is 27.0. The van der Waals surface area contributed by atoms with Crippen LogP contribution < -0.4 is 24.3 Å². The largest absolute Gasteiger partial charge is 0.497 e. The maximum atomic E-state index is 13.5. The van der Waals surface area contributed by atoms with E-state index in [1.165, 1.54) is 12.0 Å². The maximum Gasteiger partial charge on any atom is 0.417 e. The molecule has 56 heavy (non-hydrogen) atoms. The van der Waals surface area contributed by atoms with E-state index in [0.717, 1.165) is 36.8 Å². The lowest BCUT2D eigenvalue weighted by Gasteiger charge is -2.59. The lowest BCUT2D eigenvalue weighted by molar-refractivity contribution is -0.253. The third-order valence-corrected chi connectivity index (χ3v) is 10.8. The number of allylic oxidation sites excluding steroid dienone is 1. The number of unbranched alkanes of at least 4 members (excludes halogenated alkanes) is 2. The van der Waals surface area contributed by atoms with Gasteiger partial charge in [-0.05, 0) is 87.3 Å². The zero-order valence-electron chi connectivity index (χ0n) is 33.2. The lowest BCUT2D eigenvalue weighted by atomic mass is 9.55. The predicted octanol–water partition coefficient (Wildman–Crippen LogP) is 7.06. The summed E-state index contributed by atoms with van der Waals surface area (Å²) < 4.78 is 36.1. The number of nitrogens with one attached hydrogen (secondary N) is 1. The van der Waals surface area contributed by atoms with Gasteiger partial charge in [0.1, 0.15) is 35.6 Å². The van der Waals surface area contributed by atoms with Crippen molar-refractivity contribution in [3.63, 3.8) is 0 Å². The number of aliphatic hydroxyl groups excluding tert-OH is 2. The van der Waals surface area contributed by atoms with Crippen LogP contribution in [-0.4, -0.2) is 99.1 Å². The van der Waals surface area contributed by atoms with Gasteiger partial charge >= 0.3 is 12.2 Å². The topological polar surface area (TPSA) is 167 Å². The number of aliphatic hydroxyl groups is 2. The highest BCUT2D eigenvalue weighted by Gasteiger charge is 2.65. The molecule has 1 fully saturated rings. The fourth-order valence-electron chi connectivity index (χ4n) is 8.43. The number of benzene rings is 2. The zero-order valence-corrected chi connectivity index (χ0v) is 33.2. The highest BCUT2D eigenvalue weighted by Crippen LogP contribution is 2.61. The second kappa shape index (κ2) is 19.9. The number of fused-ring (bicyclic) bond motifs is 2. The molecule has 5 rings (SSSR count). The molecule has 1 aliphatic heterocycles. The van der Waals surface area contributed by atoms with Crippen molar-refractivity contribution < 1.29 is 53.1 Å². The Balaban J connectivity index is 1.67. The van der Waals surface area contributed by atoms with Crippen molar-refractivity contribution in [2.75, 3.05) is 59.6 Å². The van der Waals surface area contributed by atoms with E-state index in [9.17, 15) is 19.8 Å². The Bertz CT molecular complexity index is 1730. The average Bonchev–Trinajstić information content (AvgIpc) is 3.20. The first-order valence-corrected chi connectivity index (χ1v) is 19.5. The first-order chi connectivity index (χ1) is 27.2. The molecule has 6 unspecified atom stereocenters. The Labute approximate surface area is 329 Å². The molecule has 2 aromatic carbocycles. The number of hydrogen-bond acceptors (Lipinski definition) is 12. The van der Waals surface area contributed by atoms with E-state index >= 15 is 0 Å². The Hall–Kier alpha value is -4.79. The van der Waals surface area contributed by atoms with Crippen LogP contribution >= 0.6 is 0 Å². The molecule has 3 aliphatic rings. The summed E-state index contributed by atoms with van der Waals surface area (Å²) in [5.74, 6) is -0.392. The summed E-state index contributed by atoms with van der Waals surface area (Å²) >= 11 is 0. The van der Waals surface area contributed by atoms with Gasteiger partial charge in [0, 0.05) is 44.2 Å². The number of oxime groups is 1. The van der Waals surface area contributed by atoms with Gasteiger partial charge in [-0.25, -0.2) is 9.59 Å². The maximum absolute atomic E-state index is 13.5. The molecule has 2 aromatic rings. The van der Waals surface area contributed by atoms with Crippen LogP contribution in [0.5, 0.6) is 23.0 Å². The second-order valence-corrected chi connectivity index (χ2v) is 14.1. The van der Waals surface area contributed by atoms with Crippen molar-refractivity contribution in [3.8, 4) is 23.0 Å². The van der Waals surface area contributed by atoms with Crippen LogP contribution in [0.15, 0.2) is 65.9 Å². The molecule has 2 aliphatic carbocycles. The van der Waals surface area contributed by atoms with Gasteiger partial charge in [-0.15, -0.1) is 6.58 Å². The third kappa shape index (κ3) is 9.08. The average molecular weight is 780 g/mol. The molecule has 0 saturated heterocycles. The molecule has 1 saturated carbocycles. The van der Waals surface area contributed by atoms with Crippen LogP contribution in [0, 0.1) is 17.8 Å². The quantitative estimate of drug-likeness (QED) is 0.0759. The Kier molecular flexibility index (Phi) is 15.0. The molecule has 3 N–H and O–H groups in total. The fraction of sp³-hybridized carbons (Fsp3) is 0.548. The molecule has 0 bridgehead atoms. The third-order valence-electron chi connectivity index (χ3n) is 10.8. The van der Waals surface area contributed by atoms with Crippen LogP contribution in [0.1, 0.15) is 70.3 Å². The monoisotopic (exact) mass is 779 g/mol. The number of carbonyl (C=O) groups is 2. The number of rotatable bonds is 19. The van der Waals surface area contributed by atoms with Crippen molar-refractivity contribution >= 4 is 23.6 Å². The van der Waals surface area contributed by atoms with E-state index in [2.05, 4.69) is 23.1 Å². The number of likely N-dealkylation sites (N-methyl/N-ethyl adjacent to an activating group) is 1. The van der Waals surface area contributed by atoms with E-state index in [0.29, 0.717) is 48.1 Å². The number of carbonyl (C=O) groups excluding carboxylic acids is 2. The van der Waals surface area contributed by atoms with Gasteiger partial charge in [0.25, 0.3) is 0 Å². The summed E-state index contributed by atoms with van der Waals surface area (Å²) in [6.07, 6.45) is 7.30. The Morgan fingerprint density at radius 1 is 1.02 bits per heavy atom. The minimum absolute atomic E-state index is 0.00372. The van der Waals surface area contributed by atoms with Crippen molar-refractivity contribution in [1.82, 2.24) is 4.90 Å². The van der Waals surface area contributed by atoms with Gasteiger partial charge < -0.3 is 48.4 Å². The summed E-state index contributed by atoms with van der Waals surface area (Å²) in [5.41, 5.74) is 2.78. The van der Waals surface area contributed by atoms with E-state index in [1.54, 1.807) is 57.5 Å². The summed E-state index contributed by atoms with van der Waals surface area (Å²) in [6, 6.07) is 9.61. The van der Waals surface area contributed by atoms with Crippen molar-refractivity contribution in [2.45, 2.75) is 76.5 Å². The highest BCUT2D eigenvalue weighted by molar-refractivity contribution is 6.03. The molecule has 306 valence electrons. The lowest BCUT2D eigenvalue weighted by Crippen LogP contribution is -2.69. The van der Waals surface area contributed by atoms with E-state index < -0.39 is 29.9 Å². The van der Waals surface area contributed by atoms with E-state index in [4.69, 9.17) is 33.3 Å². The molecule has 14 nitrogen and oxygen atoms in total. The van der Waals surface area contributed by atoms with E-state index in [1.807, 2.05) is 13.0 Å². The van der Waals surface area contributed by atoms with Gasteiger partial charge in [0.15, 0.2) is 0 Å². The van der Waals surface area contributed by atoms with Crippen molar-refractivity contribution in [2.24, 2.45) is 22.9 Å². The Morgan fingerprint density at radius 3 is 2.45 bits per heavy atom. The van der Waals surface area contributed by atoms with Crippen molar-refractivity contribution in [3.05, 3.63) is 66.3 Å². The van der Waals surface area contributed by atoms with Gasteiger partial charge in [0.2, 0.25) is 5.79 Å². The zero-order chi connectivity index (χ0) is 40.2. The minimum Gasteiger partial charge on any atom is -0.497 e. The Morgan fingerprint density at radius 2 is 1.77 bits per heavy atom. The smallest absolute Gasteiger partial charge is 0.417 e. The standard InChI is InChI=1S/C42H57N3O11/c1-7-22-53-42-37(45(4)41(49)52-8-2)26-34(44-54-9-3)31-23-27(14-10-12-20-46)30(15-11-13-21-47)38(39(31)42)32-24-29(17-19-35(32)56-42)55-40(48)43-33-18-16-28(50-5)25-36(33)51-6/h7,16-19,23-25,27,30,37-39,46-47H,1,8-15,20-22,26H2,2-6H3,(H,43,48). The normalized spacial score (nSPS) is 24.1. The fourth-order valence-corrected chi connectivity index (χ4v) is 8.43. The first kappa shape index (κ1) is 42.4. The first-order valence-electron chi connectivity index (χ1n) is 19.5. The number of ether oxygens (including phenoxy) is 6. The van der Waals surface area contributed by atoms with Crippen LogP contribution in [-0.2, 0) is 14.3 Å². The molecule has 0 radical (unpaired) electrons. The minimum atomic E-state index is -1.42. The van der Waals surface area contributed by atoms with Crippen LogP contribution in [0.2, 0.25) is 0 Å². The second-order valence-electron chi connectivity index (χ2n) is 14.1. The number of hydrogen-bond donors (Lipinski definition) is 3. The molecular weight excluding hydrogens is 722 g/mol. The van der Waals surface area contributed by atoms with Gasteiger partial charge in [-0.2, -0.15) is 0 Å². The molecule has 14 heteroatoms. The van der Waals surface area contributed by atoms with Gasteiger partial charge in [-0.1, -0.05) is 30.1 Å². The van der Waals surface area contributed by atoms with Gasteiger partial charge in [-0.3, -0.25) is 5.32 Å². The molecule has 1 heterocycles. The van der Waals surface area contributed by atoms with Gasteiger partial charge in [0.05, 0.1) is 44.8 Å². The predicted molar refractivity (Wildman–Crippen MR) is 211 cm³/mol. The molecule has 6 atom stereocenters. The molecule has 2 amide bonds. The van der Waals surface area contributed by atoms with Crippen LogP contribution in [0.4, 0.5) is 15.3 Å². The van der Waals surface area contributed by atoms with Crippen molar-refractivity contribution in [1.29, 1.82) is 0 Å². The molecular formula is C42H57N3O11. The highest BCUT2D eigenvalue weighted by atomic mass is 16.7. The number of methoxy groups -OCH3 is 2. The summed E-state index contributed by atoms with van der Waals surface area (Å²) in [7, 11) is 4.72. The molecule has 0 aromatic heterocycles. The number of amides is 2. The summed E-state index contributed by atoms with van der Waals surface area (Å²) in [4.78, 5) is 34.1. The number of anilines is 1. The van der Waals surface area contributed by atoms with E-state index in [-0.39, 0.29) is 56.4 Å². The number of nitrogens with zero attached hydrogens (tertiary/aromatic N) is 2. The molecule has 0 spiro atoms. The van der Waals surface area contributed by atoms with Crippen LogP contribution in [0.25, 0.3) is 0 Å². The SMILES string of the molecule is C=CCOC12Oc3ccc(OC(=O)Nc4ccc(OC)cc4OC)cc3C3C(CCCCO)C(CCCCO)C=C(C(=NOCC)CC1N(C)C(=O)OCC)C32. The summed E-state index contributed by atoms with van der Waals surface area (Å²) in [6.45, 7) is 8.36.